The van der Waals surface area contributed by atoms with Crippen LogP contribution in [0.2, 0.25) is 0 Å². The van der Waals surface area contributed by atoms with E-state index >= 15 is 0 Å². The van der Waals surface area contributed by atoms with Crippen LogP contribution >= 0.6 is 15.9 Å². The van der Waals surface area contributed by atoms with E-state index in [1.165, 1.54) is 43.5 Å². The van der Waals surface area contributed by atoms with Crippen molar-refractivity contribution in [3.63, 3.8) is 0 Å². The van der Waals surface area contributed by atoms with E-state index in [4.69, 9.17) is 0 Å². The summed E-state index contributed by atoms with van der Waals surface area (Å²) >= 11 is 3.97. The molecule has 0 heterocycles. The Labute approximate surface area is 167 Å². The number of halogens is 1. The second-order valence-corrected chi connectivity index (χ2v) is 10.6. The summed E-state index contributed by atoms with van der Waals surface area (Å²) in [6, 6.07) is 5.79. The molecule has 6 nitrogen and oxygen atoms in total. The summed E-state index contributed by atoms with van der Waals surface area (Å²) in [6.45, 7) is 0.124. The van der Waals surface area contributed by atoms with Crippen LogP contribution in [0.4, 0.5) is 5.69 Å². The van der Waals surface area contributed by atoms with Gasteiger partial charge in [0.15, 0.2) is 0 Å². The molecule has 0 saturated heterocycles. The number of amides is 1. The highest BCUT2D eigenvalue weighted by molar-refractivity contribution is 9.10. The molecule has 2 N–H and O–H groups in total. The van der Waals surface area contributed by atoms with Gasteiger partial charge in [0.05, 0.1) is 11.0 Å². The maximum absolute atomic E-state index is 12.6. The minimum Gasteiger partial charge on any atom is -0.387 e. The lowest BCUT2D eigenvalue weighted by atomic mass is 9.48. The number of carbonyl (C=O) groups is 1. The fourth-order valence-corrected chi connectivity index (χ4v) is 7.60. The third-order valence-electron chi connectivity index (χ3n) is 6.63. The number of nitrogens with zero attached hydrogens (tertiary/aromatic N) is 1. The van der Waals surface area contributed by atoms with E-state index in [9.17, 15) is 20.0 Å². The average molecular weight is 437 g/mol. The molecule has 5 rings (SSSR count). The largest absolute Gasteiger partial charge is 0.387 e. The van der Waals surface area contributed by atoms with E-state index in [0.717, 1.165) is 31.1 Å². The van der Waals surface area contributed by atoms with Crippen LogP contribution in [0.1, 0.15) is 56.6 Å². The first-order valence-corrected chi connectivity index (χ1v) is 10.4. The van der Waals surface area contributed by atoms with Crippen LogP contribution in [0.5, 0.6) is 0 Å². The Kier molecular flexibility index (Phi) is 4.79. The first kappa shape index (κ1) is 18.9. The quantitative estimate of drug-likeness (QED) is 0.402. The van der Waals surface area contributed by atoms with Crippen molar-refractivity contribution in [3.8, 4) is 0 Å². The monoisotopic (exact) mass is 436 g/mol. The first-order valence-electron chi connectivity index (χ1n) is 9.64. The summed E-state index contributed by atoms with van der Waals surface area (Å²) < 4.78 is 0.232. The Hall–Kier alpha value is -1.47. The van der Waals surface area contributed by atoms with Gasteiger partial charge in [-0.15, -0.1) is 0 Å². The number of hydrogen-bond acceptors (Lipinski definition) is 4. The van der Waals surface area contributed by atoms with Gasteiger partial charge in [-0.25, -0.2) is 0 Å². The molecule has 7 heteroatoms. The molecule has 4 aliphatic carbocycles. The van der Waals surface area contributed by atoms with E-state index < -0.39 is 11.0 Å². The second kappa shape index (κ2) is 6.85. The molecule has 146 valence electrons. The van der Waals surface area contributed by atoms with Gasteiger partial charge >= 0.3 is 0 Å². The van der Waals surface area contributed by atoms with Crippen LogP contribution in [0.15, 0.2) is 24.3 Å². The highest BCUT2D eigenvalue weighted by Crippen LogP contribution is 2.65. The number of benzene rings is 1. The highest BCUT2D eigenvalue weighted by atomic mass is 79.9. The molecule has 0 aromatic heterocycles. The second-order valence-electron chi connectivity index (χ2n) is 8.96. The van der Waals surface area contributed by atoms with Gasteiger partial charge in [-0.05, 0) is 73.5 Å². The molecule has 4 saturated carbocycles. The van der Waals surface area contributed by atoms with E-state index in [0.29, 0.717) is 12.0 Å². The minimum absolute atomic E-state index is 0.00554. The maximum atomic E-state index is 12.6. The number of non-ortho nitro benzene ring substituents is 1. The Morgan fingerprint density at radius 2 is 1.89 bits per heavy atom. The van der Waals surface area contributed by atoms with E-state index in [1.807, 2.05) is 0 Å². The topological polar surface area (TPSA) is 92.5 Å². The number of hydrogen-bond donors (Lipinski definition) is 2. The summed E-state index contributed by atoms with van der Waals surface area (Å²) in [5.74, 6) is 1.47. The van der Waals surface area contributed by atoms with Gasteiger partial charge < -0.3 is 10.4 Å². The maximum Gasteiger partial charge on any atom is 0.269 e. The standard InChI is InChI=1S/C20H25BrN2O4/c21-20-8-13-5-14(9-20)7-19(6-13,12-20)10-18(25)22-11-17(24)15-1-3-16(4-2-15)23(26)27/h1-4,13-14,17,24H,5-12H2,(H,22,25)/t13-,14-,17-,19?,20?/m1/s1. The van der Waals surface area contributed by atoms with E-state index in [2.05, 4.69) is 21.2 Å². The summed E-state index contributed by atoms with van der Waals surface area (Å²) in [6.07, 6.45) is 6.83. The third kappa shape index (κ3) is 3.90. The molecule has 0 aliphatic heterocycles. The number of nitro groups is 1. The van der Waals surface area contributed by atoms with Crippen molar-refractivity contribution in [2.75, 3.05) is 6.54 Å². The summed E-state index contributed by atoms with van der Waals surface area (Å²) in [5.41, 5.74) is 0.659. The molecule has 1 aromatic carbocycles. The van der Waals surface area contributed by atoms with Gasteiger partial charge in [0.2, 0.25) is 5.91 Å². The molecule has 4 fully saturated rings. The van der Waals surface area contributed by atoms with Crippen molar-refractivity contribution in [1.82, 2.24) is 5.32 Å². The minimum atomic E-state index is -0.867. The lowest BCUT2D eigenvalue weighted by molar-refractivity contribution is -0.384. The smallest absolute Gasteiger partial charge is 0.269 e. The number of rotatable bonds is 6. The van der Waals surface area contributed by atoms with Gasteiger partial charge in [0.1, 0.15) is 0 Å². The van der Waals surface area contributed by atoms with Crippen LogP contribution in [0.3, 0.4) is 0 Å². The van der Waals surface area contributed by atoms with Crippen LogP contribution in [0.25, 0.3) is 0 Å². The molecule has 4 bridgehead atoms. The third-order valence-corrected chi connectivity index (χ3v) is 7.56. The van der Waals surface area contributed by atoms with E-state index in [-0.39, 0.29) is 27.9 Å². The average Bonchev–Trinajstić information content (AvgIpc) is 2.57. The van der Waals surface area contributed by atoms with Gasteiger partial charge in [0.25, 0.3) is 5.69 Å². The predicted molar refractivity (Wildman–Crippen MR) is 104 cm³/mol. The van der Waals surface area contributed by atoms with Crippen molar-refractivity contribution >= 4 is 27.5 Å². The lowest BCUT2D eigenvalue weighted by Gasteiger charge is -2.60. The number of nitrogens with one attached hydrogen (secondary N) is 1. The predicted octanol–water partition coefficient (Wildman–Crippen LogP) is 3.87. The van der Waals surface area contributed by atoms with Gasteiger partial charge in [-0.1, -0.05) is 15.9 Å². The number of carbonyl (C=O) groups excluding carboxylic acids is 1. The van der Waals surface area contributed by atoms with Crippen molar-refractivity contribution in [3.05, 3.63) is 39.9 Å². The normalized spacial score (nSPS) is 35.0. The Morgan fingerprint density at radius 1 is 1.26 bits per heavy atom. The molecule has 1 amide bonds. The molecular formula is C20H25BrN2O4. The van der Waals surface area contributed by atoms with Crippen LogP contribution < -0.4 is 5.32 Å². The van der Waals surface area contributed by atoms with Gasteiger partial charge in [-0.3, -0.25) is 14.9 Å². The fourth-order valence-electron chi connectivity index (χ4n) is 6.09. The van der Waals surface area contributed by atoms with Crippen molar-refractivity contribution in [2.45, 2.75) is 55.4 Å². The first-order chi connectivity index (χ1) is 12.8. The Morgan fingerprint density at radius 3 is 2.44 bits per heavy atom. The zero-order chi connectivity index (χ0) is 19.2. The van der Waals surface area contributed by atoms with Crippen LogP contribution in [0, 0.1) is 27.4 Å². The number of aliphatic hydroxyl groups is 1. The number of alkyl halides is 1. The lowest BCUT2D eigenvalue weighted by Crippen LogP contribution is -2.54. The van der Waals surface area contributed by atoms with Crippen molar-refractivity contribution < 1.29 is 14.8 Å². The van der Waals surface area contributed by atoms with Gasteiger partial charge in [-0.2, -0.15) is 0 Å². The fraction of sp³-hybridized carbons (Fsp3) is 0.650. The molecule has 4 aliphatic rings. The van der Waals surface area contributed by atoms with Gasteiger partial charge in [0, 0.05) is 29.4 Å². The molecular weight excluding hydrogens is 412 g/mol. The molecule has 3 atom stereocenters. The summed E-state index contributed by atoms with van der Waals surface area (Å²) in [4.78, 5) is 22.8. The molecule has 0 spiro atoms. The summed E-state index contributed by atoms with van der Waals surface area (Å²) in [5, 5.41) is 23.8. The van der Waals surface area contributed by atoms with Crippen LogP contribution in [-0.4, -0.2) is 26.8 Å². The highest BCUT2D eigenvalue weighted by Gasteiger charge is 2.57. The SMILES string of the molecule is O=C(CC12C[C@H]3C[C@@H](CC(Br)(C3)C1)C2)NC[C@@H](O)c1ccc([N+](=O)[O-])cc1. The number of nitro benzene ring substituents is 1. The molecule has 1 aromatic rings. The van der Waals surface area contributed by atoms with Crippen LogP contribution in [-0.2, 0) is 4.79 Å². The molecule has 0 unspecified atom stereocenters. The zero-order valence-electron chi connectivity index (χ0n) is 15.2. The van der Waals surface area contributed by atoms with E-state index in [1.54, 1.807) is 0 Å². The van der Waals surface area contributed by atoms with Crippen molar-refractivity contribution in [1.29, 1.82) is 0 Å². The Balaban J connectivity index is 1.33. The van der Waals surface area contributed by atoms with Crippen molar-refractivity contribution in [2.24, 2.45) is 17.3 Å². The molecule has 0 radical (unpaired) electrons. The number of aliphatic hydroxyl groups excluding tert-OH is 1. The zero-order valence-corrected chi connectivity index (χ0v) is 16.8. The summed E-state index contributed by atoms with van der Waals surface area (Å²) in [7, 11) is 0. The molecule has 27 heavy (non-hydrogen) atoms. The Bertz CT molecular complexity index is 737.